The molecule has 5 nitrogen and oxygen atoms in total. The van der Waals surface area contributed by atoms with E-state index in [0.29, 0.717) is 25.2 Å². The molecule has 0 unspecified atom stereocenters. The molecule has 0 fully saturated rings. The lowest BCUT2D eigenvalue weighted by atomic mass is 9.99. The smallest absolute Gasteiger partial charge is 0.258 e. The van der Waals surface area contributed by atoms with Gasteiger partial charge in [0.25, 0.3) is 5.91 Å². The summed E-state index contributed by atoms with van der Waals surface area (Å²) in [5, 5.41) is 5.54. The standard InChI is InChI=1S/C21H18F4N4O.2ClH/c22-13-3-1-4-14(23)18(13)19-15(24)6-5-12(20(19)25)21(30)29-17-11-27-10-7-16(17)28-9-2-8-26;;/h1,3-7,10-11H,2,8-9,26H2,(H,27,28)(H,29,30);2*1H. The third-order valence-electron chi connectivity index (χ3n) is 4.31. The van der Waals surface area contributed by atoms with Gasteiger partial charge in [0.15, 0.2) is 0 Å². The Balaban J connectivity index is 0.00000256. The summed E-state index contributed by atoms with van der Waals surface area (Å²) >= 11 is 0. The fourth-order valence-electron chi connectivity index (χ4n) is 2.86. The topological polar surface area (TPSA) is 80.0 Å². The Bertz CT molecular complexity index is 1070. The second-order valence-electron chi connectivity index (χ2n) is 6.32. The minimum absolute atomic E-state index is 0. The lowest BCUT2D eigenvalue weighted by Crippen LogP contribution is -2.17. The van der Waals surface area contributed by atoms with E-state index in [9.17, 15) is 18.0 Å². The zero-order valence-corrected chi connectivity index (χ0v) is 18.1. The predicted octanol–water partition coefficient (Wildman–Crippen LogP) is 5.16. The van der Waals surface area contributed by atoms with E-state index in [2.05, 4.69) is 15.6 Å². The molecule has 0 aliphatic heterocycles. The molecule has 1 aromatic heterocycles. The van der Waals surface area contributed by atoms with E-state index < -0.39 is 45.9 Å². The van der Waals surface area contributed by atoms with E-state index in [1.165, 1.54) is 12.4 Å². The van der Waals surface area contributed by atoms with Crippen LogP contribution < -0.4 is 16.4 Å². The fourth-order valence-corrected chi connectivity index (χ4v) is 2.86. The molecular formula is C21H20Cl2F4N4O. The lowest BCUT2D eigenvalue weighted by Gasteiger charge is -2.14. The Morgan fingerprint density at radius 1 is 0.906 bits per heavy atom. The van der Waals surface area contributed by atoms with Crippen molar-refractivity contribution in [1.29, 1.82) is 0 Å². The van der Waals surface area contributed by atoms with Crippen molar-refractivity contribution in [1.82, 2.24) is 4.98 Å². The summed E-state index contributed by atoms with van der Waals surface area (Å²) < 4.78 is 57.4. The number of halogens is 6. The van der Waals surface area contributed by atoms with E-state index in [-0.39, 0.29) is 30.5 Å². The number of hydrogen-bond donors (Lipinski definition) is 3. The molecule has 0 saturated heterocycles. The third kappa shape index (κ3) is 5.87. The molecule has 1 amide bonds. The number of nitrogens with zero attached hydrogens (tertiary/aromatic N) is 1. The highest BCUT2D eigenvalue weighted by molar-refractivity contribution is 6.06. The van der Waals surface area contributed by atoms with Crippen molar-refractivity contribution < 1.29 is 22.4 Å². The molecule has 4 N–H and O–H groups in total. The first kappa shape index (κ1) is 27.2. The molecule has 0 radical (unpaired) electrons. The molecule has 1 heterocycles. The quantitative estimate of drug-likeness (QED) is 0.315. The number of anilines is 2. The van der Waals surface area contributed by atoms with Crippen LogP contribution in [-0.2, 0) is 0 Å². The highest BCUT2D eigenvalue weighted by Crippen LogP contribution is 2.33. The number of aromatic nitrogens is 1. The summed E-state index contributed by atoms with van der Waals surface area (Å²) in [6.07, 6.45) is 3.53. The van der Waals surface area contributed by atoms with Crippen LogP contribution in [0.25, 0.3) is 11.1 Å². The number of nitrogens with one attached hydrogen (secondary N) is 2. The summed E-state index contributed by atoms with van der Waals surface area (Å²) in [6, 6.07) is 6.11. The maximum atomic E-state index is 15.0. The summed E-state index contributed by atoms with van der Waals surface area (Å²) in [6.45, 7) is 1.00. The zero-order chi connectivity index (χ0) is 21.7. The SMILES string of the molecule is Cl.Cl.NCCCNc1ccncc1NC(=O)c1ccc(F)c(-c2c(F)cccc2F)c1F. The van der Waals surface area contributed by atoms with Gasteiger partial charge in [0.1, 0.15) is 23.3 Å². The second kappa shape index (κ2) is 12.2. The number of pyridine rings is 1. The first-order chi connectivity index (χ1) is 14.4. The van der Waals surface area contributed by atoms with Crippen LogP contribution in [0.2, 0.25) is 0 Å². The molecule has 0 saturated carbocycles. The van der Waals surface area contributed by atoms with Crippen molar-refractivity contribution >= 4 is 42.1 Å². The Labute approximate surface area is 194 Å². The number of benzene rings is 2. The van der Waals surface area contributed by atoms with Gasteiger partial charge in [-0.05, 0) is 43.3 Å². The maximum Gasteiger partial charge on any atom is 0.258 e. The van der Waals surface area contributed by atoms with E-state index in [1.54, 1.807) is 6.07 Å². The lowest BCUT2D eigenvalue weighted by molar-refractivity contribution is 0.102. The van der Waals surface area contributed by atoms with Crippen LogP contribution in [-0.4, -0.2) is 24.0 Å². The van der Waals surface area contributed by atoms with Crippen LogP contribution in [0.5, 0.6) is 0 Å². The van der Waals surface area contributed by atoms with Gasteiger partial charge in [-0.3, -0.25) is 9.78 Å². The van der Waals surface area contributed by atoms with Crippen molar-refractivity contribution in [3.05, 3.63) is 77.6 Å². The van der Waals surface area contributed by atoms with E-state index in [1.807, 2.05) is 0 Å². The number of carbonyl (C=O) groups excluding carboxylic acids is 1. The van der Waals surface area contributed by atoms with Crippen LogP contribution in [0, 0.1) is 23.3 Å². The highest BCUT2D eigenvalue weighted by atomic mass is 35.5. The molecule has 32 heavy (non-hydrogen) atoms. The highest BCUT2D eigenvalue weighted by Gasteiger charge is 2.24. The molecule has 0 atom stereocenters. The first-order valence-electron chi connectivity index (χ1n) is 9.05. The largest absolute Gasteiger partial charge is 0.383 e. The fraction of sp³-hybridized carbons (Fsp3) is 0.143. The van der Waals surface area contributed by atoms with Gasteiger partial charge < -0.3 is 16.4 Å². The number of carbonyl (C=O) groups is 1. The molecule has 3 aromatic rings. The van der Waals surface area contributed by atoms with E-state index in [0.717, 1.165) is 30.3 Å². The number of hydrogen-bond acceptors (Lipinski definition) is 4. The first-order valence-corrected chi connectivity index (χ1v) is 9.05. The molecule has 0 aliphatic rings. The van der Waals surface area contributed by atoms with Gasteiger partial charge >= 0.3 is 0 Å². The van der Waals surface area contributed by atoms with Gasteiger partial charge in [0.05, 0.1) is 34.3 Å². The van der Waals surface area contributed by atoms with Gasteiger partial charge in [0.2, 0.25) is 0 Å². The Morgan fingerprint density at radius 3 is 2.22 bits per heavy atom. The molecule has 3 rings (SSSR count). The molecule has 2 aromatic carbocycles. The Hall–Kier alpha value is -2.88. The zero-order valence-electron chi connectivity index (χ0n) is 16.5. The van der Waals surface area contributed by atoms with Crippen molar-refractivity contribution in [2.75, 3.05) is 23.7 Å². The summed E-state index contributed by atoms with van der Waals surface area (Å²) in [7, 11) is 0. The normalized spacial score (nSPS) is 10.0. The maximum absolute atomic E-state index is 15.0. The second-order valence-corrected chi connectivity index (χ2v) is 6.32. The average molecular weight is 491 g/mol. The molecule has 0 spiro atoms. The summed E-state index contributed by atoms with van der Waals surface area (Å²) in [4.78, 5) is 16.6. The van der Waals surface area contributed by atoms with Crippen LogP contribution in [0.3, 0.4) is 0 Å². The van der Waals surface area contributed by atoms with E-state index >= 15 is 4.39 Å². The summed E-state index contributed by atoms with van der Waals surface area (Å²) in [5.74, 6) is -5.80. The van der Waals surface area contributed by atoms with Crippen molar-refractivity contribution in [2.45, 2.75) is 6.42 Å². The number of amides is 1. The number of nitrogens with two attached hydrogens (primary N) is 1. The molecule has 172 valence electrons. The average Bonchev–Trinajstić information content (AvgIpc) is 2.71. The third-order valence-corrected chi connectivity index (χ3v) is 4.31. The van der Waals surface area contributed by atoms with Gasteiger partial charge in [-0.1, -0.05) is 6.07 Å². The van der Waals surface area contributed by atoms with Crippen molar-refractivity contribution in [3.8, 4) is 11.1 Å². The predicted molar refractivity (Wildman–Crippen MR) is 121 cm³/mol. The van der Waals surface area contributed by atoms with Crippen molar-refractivity contribution in [2.24, 2.45) is 5.73 Å². The van der Waals surface area contributed by atoms with Gasteiger partial charge in [-0.15, -0.1) is 24.8 Å². The minimum Gasteiger partial charge on any atom is -0.383 e. The van der Waals surface area contributed by atoms with Gasteiger partial charge in [-0.2, -0.15) is 0 Å². The molecule has 0 bridgehead atoms. The molecular weight excluding hydrogens is 471 g/mol. The molecule has 11 heteroatoms. The van der Waals surface area contributed by atoms with Gasteiger partial charge in [0, 0.05) is 12.7 Å². The Morgan fingerprint density at radius 2 is 1.56 bits per heavy atom. The minimum atomic E-state index is -1.38. The van der Waals surface area contributed by atoms with Crippen molar-refractivity contribution in [3.63, 3.8) is 0 Å². The number of rotatable bonds is 7. The van der Waals surface area contributed by atoms with Crippen LogP contribution in [0.4, 0.5) is 28.9 Å². The van der Waals surface area contributed by atoms with E-state index in [4.69, 9.17) is 5.73 Å². The van der Waals surface area contributed by atoms with Crippen LogP contribution in [0.1, 0.15) is 16.8 Å². The van der Waals surface area contributed by atoms with Crippen LogP contribution in [0.15, 0.2) is 48.8 Å². The van der Waals surface area contributed by atoms with Gasteiger partial charge in [-0.25, -0.2) is 17.6 Å². The summed E-state index contributed by atoms with van der Waals surface area (Å²) in [5.41, 5.74) is 3.81. The monoisotopic (exact) mass is 490 g/mol. The molecule has 0 aliphatic carbocycles. The Kier molecular flexibility index (Phi) is 10.4. The van der Waals surface area contributed by atoms with Crippen LogP contribution >= 0.6 is 24.8 Å².